The number of ether oxygens (including phenoxy) is 2. The van der Waals surface area contributed by atoms with E-state index in [0.29, 0.717) is 5.56 Å². The molecule has 19 heavy (non-hydrogen) atoms. The quantitative estimate of drug-likeness (QED) is 0.600. The molecule has 1 aromatic rings. The van der Waals surface area contributed by atoms with Crippen molar-refractivity contribution in [3.63, 3.8) is 0 Å². The van der Waals surface area contributed by atoms with Crippen molar-refractivity contribution in [1.29, 1.82) is 0 Å². The summed E-state index contributed by atoms with van der Waals surface area (Å²) in [6, 6.07) is 7.32. The molecule has 0 aromatic heterocycles. The van der Waals surface area contributed by atoms with Crippen LogP contribution in [0.1, 0.15) is 34.9 Å². The molecular formula is C15H14O4. The van der Waals surface area contributed by atoms with Gasteiger partial charge in [0.2, 0.25) is 0 Å². The van der Waals surface area contributed by atoms with Crippen LogP contribution in [0, 0.1) is 11.8 Å². The summed E-state index contributed by atoms with van der Waals surface area (Å²) in [4.78, 5) is 23.2. The first-order valence-electron chi connectivity index (χ1n) is 6.69. The Labute approximate surface area is 110 Å². The van der Waals surface area contributed by atoms with E-state index in [-0.39, 0.29) is 36.1 Å². The second-order valence-electron chi connectivity index (χ2n) is 5.50. The lowest BCUT2D eigenvalue weighted by atomic mass is 9.76. The number of rotatable bonds is 2. The number of carbonyl (C=O) groups is 2. The number of carbonyl (C=O) groups excluding carboxylic acids is 2. The van der Waals surface area contributed by atoms with Gasteiger partial charge in [0, 0.05) is 17.0 Å². The molecule has 3 heterocycles. The van der Waals surface area contributed by atoms with Crippen molar-refractivity contribution in [1.82, 2.24) is 0 Å². The minimum atomic E-state index is -0.325. The first-order valence-corrected chi connectivity index (χ1v) is 6.69. The number of cyclic esters (lactones) is 1. The zero-order chi connectivity index (χ0) is 13.0. The van der Waals surface area contributed by atoms with Crippen LogP contribution in [-0.4, -0.2) is 24.5 Å². The fourth-order valence-corrected chi connectivity index (χ4v) is 3.84. The van der Waals surface area contributed by atoms with Gasteiger partial charge in [-0.25, -0.2) is 0 Å². The van der Waals surface area contributed by atoms with Crippen molar-refractivity contribution in [3.8, 4) is 0 Å². The molecule has 0 spiro atoms. The maximum absolute atomic E-state index is 12.0. The molecular weight excluding hydrogens is 244 g/mol. The monoisotopic (exact) mass is 258 g/mol. The molecule has 3 aliphatic rings. The Morgan fingerprint density at radius 1 is 1.16 bits per heavy atom. The van der Waals surface area contributed by atoms with Crippen LogP contribution in [0.3, 0.4) is 0 Å². The summed E-state index contributed by atoms with van der Waals surface area (Å²) in [6.07, 6.45) is 2.56. The van der Waals surface area contributed by atoms with Crippen molar-refractivity contribution in [2.24, 2.45) is 11.8 Å². The number of fused-ring (bicyclic) bond motifs is 5. The second kappa shape index (κ2) is 3.90. The molecule has 0 amide bonds. The lowest BCUT2D eigenvalue weighted by Crippen LogP contribution is -2.28. The maximum Gasteiger partial charge on any atom is 0.312 e. The van der Waals surface area contributed by atoms with Crippen LogP contribution < -0.4 is 0 Å². The summed E-state index contributed by atoms with van der Waals surface area (Å²) in [6.45, 7) is 0. The number of hydrogen-bond donors (Lipinski definition) is 0. The van der Waals surface area contributed by atoms with E-state index in [2.05, 4.69) is 0 Å². The fourth-order valence-electron chi connectivity index (χ4n) is 3.84. The van der Waals surface area contributed by atoms with E-state index in [0.717, 1.165) is 24.7 Å². The van der Waals surface area contributed by atoms with Crippen LogP contribution in [0.2, 0.25) is 0 Å². The van der Waals surface area contributed by atoms with Crippen LogP contribution in [0.4, 0.5) is 0 Å². The summed E-state index contributed by atoms with van der Waals surface area (Å²) >= 11 is 0. The van der Waals surface area contributed by atoms with E-state index in [4.69, 9.17) is 9.47 Å². The Bertz CT molecular complexity index is 553. The van der Waals surface area contributed by atoms with Crippen LogP contribution >= 0.6 is 0 Å². The highest BCUT2D eigenvalue weighted by Gasteiger charge is 2.61. The third kappa shape index (κ3) is 1.43. The van der Waals surface area contributed by atoms with Crippen molar-refractivity contribution >= 4 is 12.3 Å². The predicted molar refractivity (Wildman–Crippen MR) is 65.5 cm³/mol. The zero-order valence-corrected chi connectivity index (χ0v) is 10.3. The van der Waals surface area contributed by atoms with Gasteiger partial charge in [0.15, 0.2) is 0 Å². The Morgan fingerprint density at radius 2 is 1.95 bits per heavy atom. The summed E-state index contributed by atoms with van der Waals surface area (Å²) in [5.41, 5.74) is 1.42. The molecule has 3 aliphatic heterocycles. The highest BCUT2D eigenvalue weighted by atomic mass is 16.6. The largest absolute Gasteiger partial charge is 0.457 e. The highest BCUT2D eigenvalue weighted by Crippen LogP contribution is 2.54. The maximum atomic E-state index is 12.0. The average Bonchev–Trinajstić information content (AvgIpc) is 3.12. The summed E-state index contributed by atoms with van der Waals surface area (Å²) < 4.78 is 11.4. The van der Waals surface area contributed by atoms with Gasteiger partial charge in [-0.2, -0.15) is 0 Å². The van der Waals surface area contributed by atoms with Crippen LogP contribution in [0.15, 0.2) is 24.3 Å². The van der Waals surface area contributed by atoms with Crippen molar-refractivity contribution in [3.05, 3.63) is 35.4 Å². The van der Waals surface area contributed by atoms with Gasteiger partial charge in [0.25, 0.3) is 0 Å². The topological polar surface area (TPSA) is 52.6 Å². The van der Waals surface area contributed by atoms with Crippen LogP contribution in [-0.2, 0) is 14.3 Å². The van der Waals surface area contributed by atoms with Gasteiger partial charge in [0.05, 0.1) is 18.1 Å². The zero-order valence-electron chi connectivity index (χ0n) is 10.3. The third-order valence-electron chi connectivity index (χ3n) is 4.62. The van der Waals surface area contributed by atoms with E-state index in [9.17, 15) is 9.59 Å². The Balaban J connectivity index is 1.76. The molecule has 4 rings (SSSR count). The molecule has 5 unspecified atom stereocenters. The molecule has 1 aromatic carbocycles. The SMILES string of the molecule is O=Cc1ccccc1C1OC(=O)C2C3CCC(O3)C12. The lowest BCUT2D eigenvalue weighted by molar-refractivity contribution is -0.147. The van der Waals surface area contributed by atoms with E-state index in [1.54, 1.807) is 6.07 Å². The molecule has 4 heteroatoms. The standard InChI is InChI=1S/C15H14O4/c16-7-8-3-1-2-4-9(8)14-12-10-5-6-11(18-10)13(12)15(17)19-14/h1-4,7,10-14H,5-6H2. The summed E-state index contributed by atoms with van der Waals surface area (Å²) in [5.74, 6) is -0.223. The highest BCUT2D eigenvalue weighted by molar-refractivity contribution is 5.80. The molecule has 3 saturated heterocycles. The van der Waals surface area contributed by atoms with E-state index >= 15 is 0 Å². The normalized spacial score (nSPS) is 39.2. The molecule has 3 fully saturated rings. The number of aldehydes is 1. The van der Waals surface area contributed by atoms with Gasteiger partial charge in [-0.3, -0.25) is 9.59 Å². The Hall–Kier alpha value is -1.68. The van der Waals surface area contributed by atoms with Gasteiger partial charge in [-0.15, -0.1) is 0 Å². The van der Waals surface area contributed by atoms with Gasteiger partial charge >= 0.3 is 5.97 Å². The molecule has 0 radical (unpaired) electrons. The Morgan fingerprint density at radius 3 is 2.79 bits per heavy atom. The lowest BCUT2D eigenvalue weighted by Gasteiger charge is -2.23. The first-order chi connectivity index (χ1) is 9.29. The molecule has 4 nitrogen and oxygen atoms in total. The minimum Gasteiger partial charge on any atom is -0.457 e. The van der Waals surface area contributed by atoms with E-state index in [1.165, 1.54) is 0 Å². The summed E-state index contributed by atoms with van der Waals surface area (Å²) in [7, 11) is 0. The molecule has 98 valence electrons. The number of benzene rings is 1. The van der Waals surface area contributed by atoms with Gasteiger partial charge in [0.1, 0.15) is 12.4 Å². The Kier molecular flexibility index (Phi) is 2.30. The van der Waals surface area contributed by atoms with Gasteiger partial charge in [-0.1, -0.05) is 24.3 Å². The molecule has 0 saturated carbocycles. The average molecular weight is 258 g/mol. The van der Waals surface area contributed by atoms with E-state index < -0.39 is 0 Å². The molecule has 0 aliphatic carbocycles. The predicted octanol–water partition coefficient (Wildman–Crippen LogP) is 1.89. The third-order valence-corrected chi connectivity index (χ3v) is 4.62. The molecule has 2 bridgehead atoms. The van der Waals surface area contributed by atoms with Crippen LogP contribution in [0.25, 0.3) is 0 Å². The first kappa shape index (κ1) is 11.2. The van der Waals surface area contributed by atoms with Crippen molar-refractivity contribution < 1.29 is 19.1 Å². The fraction of sp³-hybridized carbons (Fsp3) is 0.467. The van der Waals surface area contributed by atoms with Crippen molar-refractivity contribution in [2.45, 2.75) is 31.2 Å². The second-order valence-corrected chi connectivity index (χ2v) is 5.50. The smallest absolute Gasteiger partial charge is 0.312 e. The molecule has 5 atom stereocenters. The van der Waals surface area contributed by atoms with Crippen LogP contribution in [0.5, 0.6) is 0 Å². The number of esters is 1. The van der Waals surface area contributed by atoms with Gasteiger partial charge < -0.3 is 9.47 Å². The number of hydrogen-bond acceptors (Lipinski definition) is 4. The van der Waals surface area contributed by atoms with Crippen molar-refractivity contribution in [2.75, 3.05) is 0 Å². The summed E-state index contributed by atoms with van der Waals surface area (Å²) in [5, 5.41) is 0. The van der Waals surface area contributed by atoms with Gasteiger partial charge in [-0.05, 0) is 12.8 Å². The minimum absolute atomic E-state index is 0.0240. The van der Waals surface area contributed by atoms with E-state index in [1.807, 2.05) is 18.2 Å². The molecule has 0 N–H and O–H groups in total.